The van der Waals surface area contributed by atoms with Gasteiger partial charge >= 0.3 is 0 Å². The van der Waals surface area contributed by atoms with Crippen molar-refractivity contribution < 1.29 is 0 Å². The first-order valence-corrected chi connectivity index (χ1v) is 4.40. The zero-order chi connectivity index (χ0) is 10.1. The second-order valence-corrected chi connectivity index (χ2v) is 3.20. The first-order valence-electron chi connectivity index (χ1n) is 4.02. The summed E-state index contributed by atoms with van der Waals surface area (Å²) < 4.78 is 1.43. The lowest BCUT2D eigenvalue weighted by atomic mass is 10.3. The second-order valence-electron chi connectivity index (χ2n) is 2.81. The molecular formula is C10H7ClN2O. The van der Waals surface area contributed by atoms with E-state index in [1.165, 1.54) is 10.5 Å². The van der Waals surface area contributed by atoms with Crippen LogP contribution in [0.1, 0.15) is 5.56 Å². The lowest BCUT2D eigenvalue weighted by Gasteiger charge is -2.00. The summed E-state index contributed by atoms with van der Waals surface area (Å²) in [5, 5.41) is 0.210. The number of hydrogen-bond donors (Lipinski definition) is 0. The summed E-state index contributed by atoms with van der Waals surface area (Å²) in [5.41, 5.74) is 1.21. The fourth-order valence-corrected chi connectivity index (χ4v) is 1.39. The molecule has 0 atom stereocenters. The van der Waals surface area contributed by atoms with Crippen LogP contribution in [0.4, 0.5) is 0 Å². The number of aromatic nitrogens is 2. The standard InChI is InChI=1S/C10H7ClN2O/c1-2-7-3-4-9-12-8(11)5-10(14)13(9)6-7/h2-6H,1H2. The van der Waals surface area contributed by atoms with Crippen LogP contribution < -0.4 is 5.56 Å². The van der Waals surface area contributed by atoms with Gasteiger partial charge in [0.1, 0.15) is 10.8 Å². The van der Waals surface area contributed by atoms with E-state index >= 15 is 0 Å². The minimum atomic E-state index is -0.191. The van der Waals surface area contributed by atoms with Crippen LogP contribution in [0.3, 0.4) is 0 Å². The topological polar surface area (TPSA) is 34.4 Å². The zero-order valence-electron chi connectivity index (χ0n) is 7.27. The Balaban J connectivity index is 2.89. The molecular weight excluding hydrogens is 200 g/mol. The van der Waals surface area contributed by atoms with Gasteiger partial charge in [0, 0.05) is 12.3 Å². The van der Waals surface area contributed by atoms with Crippen LogP contribution in [0, 0.1) is 0 Å². The molecule has 3 nitrogen and oxygen atoms in total. The van der Waals surface area contributed by atoms with Crippen LogP contribution in [-0.4, -0.2) is 9.38 Å². The Kier molecular flexibility index (Phi) is 2.09. The normalized spacial score (nSPS) is 10.4. The van der Waals surface area contributed by atoms with Crippen molar-refractivity contribution in [2.24, 2.45) is 0 Å². The lowest BCUT2D eigenvalue weighted by Crippen LogP contribution is -2.13. The zero-order valence-corrected chi connectivity index (χ0v) is 8.03. The average Bonchev–Trinajstić information content (AvgIpc) is 2.17. The highest BCUT2D eigenvalue weighted by molar-refractivity contribution is 6.29. The molecule has 0 bridgehead atoms. The summed E-state index contributed by atoms with van der Waals surface area (Å²) in [6.07, 6.45) is 3.34. The van der Waals surface area contributed by atoms with Crippen LogP contribution in [0.15, 0.2) is 35.8 Å². The number of pyridine rings is 1. The van der Waals surface area contributed by atoms with Gasteiger partial charge in [0.25, 0.3) is 5.56 Å². The Morgan fingerprint density at radius 2 is 2.29 bits per heavy atom. The Morgan fingerprint density at radius 3 is 3.00 bits per heavy atom. The first kappa shape index (κ1) is 8.97. The molecule has 0 unspecified atom stereocenters. The molecule has 4 heteroatoms. The molecule has 2 aromatic rings. The van der Waals surface area contributed by atoms with E-state index in [4.69, 9.17) is 11.6 Å². The van der Waals surface area contributed by atoms with Gasteiger partial charge in [-0.2, -0.15) is 0 Å². The summed E-state index contributed by atoms with van der Waals surface area (Å²) in [5.74, 6) is 0. The van der Waals surface area contributed by atoms with E-state index in [0.717, 1.165) is 5.56 Å². The summed E-state index contributed by atoms with van der Waals surface area (Å²) in [6, 6.07) is 4.83. The highest BCUT2D eigenvalue weighted by Crippen LogP contribution is 2.06. The third-order valence-electron chi connectivity index (χ3n) is 1.89. The maximum Gasteiger partial charge on any atom is 0.259 e. The van der Waals surface area contributed by atoms with E-state index in [1.54, 1.807) is 18.3 Å². The van der Waals surface area contributed by atoms with Gasteiger partial charge in [-0.05, 0) is 17.7 Å². The molecule has 0 saturated heterocycles. The summed E-state index contributed by atoms with van der Waals surface area (Å²) >= 11 is 5.65. The molecule has 70 valence electrons. The van der Waals surface area contributed by atoms with Gasteiger partial charge in [0.2, 0.25) is 0 Å². The van der Waals surface area contributed by atoms with Crippen molar-refractivity contribution in [2.45, 2.75) is 0 Å². The molecule has 0 fully saturated rings. The Bertz CT molecular complexity index is 560. The van der Waals surface area contributed by atoms with Crippen molar-refractivity contribution in [3.05, 3.63) is 52.0 Å². The summed E-state index contributed by atoms with van der Waals surface area (Å²) in [6.45, 7) is 3.62. The van der Waals surface area contributed by atoms with Gasteiger partial charge in [-0.15, -0.1) is 0 Å². The van der Waals surface area contributed by atoms with Gasteiger partial charge in [0.15, 0.2) is 0 Å². The van der Waals surface area contributed by atoms with Crippen LogP contribution in [-0.2, 0) is 0 Å². The van der Waals surface area contributed by atoms with Crippen molar-refractivity contribution in [2.75, 3.05) is 0 Å². The van der Waals surface area contributed by atoms with Crippen molar-refractivity contribution >= 4 is 23.3 Å². The van der Waals surface area contributed by atoms with Gasteiger partial charge in [0.05, 0.1) is 0 Å². The van der Waals surface area contributed by atoms with Crippen molar-refractivity contribution in [1.82, 2.24) is 9.38 Å². The van der Waals surface area contributed by atoms with Crippen LogP contribution >= 0.6 is 11.6 Å². The van der Waals surface area contributed by atoms with Crippen LogP contribution in [0.2, 0.25) is 5.15 Å². The maximum absolute atomic E-state index is 11.5. The molecule has 2 aromatic heterocycles. The molecule has 14 heavy (non-hydrogen) atoms. The van der Waals surface area contributed by atoms with Crippen LogP contribution in [0.5, 0.6) is 0 Å². The Labute approximate surface area is 85.3 Å². The fraction of sp³-hybridized carbons (Fsp3) is 0. The molecule has 0 saturated carbocycles. The van der Waals surface area contributed by atoms with E-state index in [0.29, 0.717) is 5.65 Å². The van der Waals surface area contributed by atoms with Gasteiger partial charge in [-0.25, -0.2) is 4.98 Å². The molecule has 2 heterocycles. The number of hydrogen-bond acceptors (Lipinski definition) is 2. The van der Waals surface area contributed by atoms with E-state index in [2.05, 4.69) is 11.6 Å². The van der Waals surface area contributed by atoms with Gasteiger partial charge in [-0.3, -0.25) is 9.20 Å². The molecule has 0 aliphatic carbocycles. The van der Waals surface area contributed by atoms with Crippen molar-refractivity contribution in [3.8, 4) is 0 Å². The van der Waals surface area contributed by atoms with E-state index in [1.807, 2.05) is 6.07 Å². The lowest BCUT2D eigenvalue weighted by molar-refractivity contribution is 1.04. The fourth-order valence-electron chi connectivity index (χ4n) is 1.21. The number of nitrogens with zero attached hydrogens (tertiary/aromatic N) is 2. The minimum absolute atomic E-state index is 0.191. The smallest absolute Gasteiger partial charge is 0.259 e. The van der Waals surface area contributed by atoms with E-state index < -0.39 is 0 Å². The molecule has 0 radical (unpaired) electrons. The summed E-state index contributed by atoms with van der Waals surface area (Å²) in [7, 11) is 0. The molecule has 0 aromatic carbocycles. The summed E-state index contributed by atoms with van der Waals surface area (Å²) in [4.78, 5) is 15.5. The average molecular weight is 207 g/mol. The molecule has 2 rings (SSSR count). The molecule has 0 N–H and O–H groups in total. The molecule has 0 aliphatic rings. The largest absolute Gasteiger partial charge is 0.269 e. The Morgan fingerprint density at radius 1 is 1.50 bits per heavy atom. The monoisotopic (exact) mass is 206 g/mol. The highest BCUT2D eigenvalue weighted by Gasteiger charge is 1.99. The van der Waals surface area contributed by atoms with Gasteiger partial charge < -0.3 is 0 Å². The number of fused-ring (bicyclic) bond motifs is 1. The first-order chi connectivity index (χ1) is 6.70. The predicted molar refractivity (Wildman–Crippen MR) is 56.6 cm³/mol. The number of rotatable bonds is 1. The molecule has 0 amide bonds. The molecule has 0 aliphatic heterocycles. The maximum atomic E-state index is 11.5. The highest BCUT2D eigenvalue weighted by atomic mass is 35.5. The van der Waals surface area contributed by atoms with Crippen molar-refractivity contribution in [1.29, 1.82) is 0 Å². The van der Waals surface area contributed by atoms with E-state index in [9.17, 15) is 4.79 Å². The molecule has 0 spiro atoms. The Hall–Kier alpha value is -1.61. The van der Waals surface area contributed by atoms with E-state index in [-0.39, 0.29) is 10.7 Å². The SMILES string of the molecule is C=Cc1ccc2nc(Cl)cc(=O)n2c1. The van der Waals surface area contributed by atoms with Crippen molar-refractivity contribution in [3.63, 3.8) is 0 Å². The minimum Gasteiger partial charge on any atom is -0.269 e. The number of halogens is 1. The quantitative estimate of drug-likeness (QED) is 0.669. The predicted octanol–water partition coefficient (Wildman–Crippen LogP) is 1.99. The van der Waals surface area contributed by atoms with Gasteiger partial charge in [-0.1, -0.05) is 24.3 Å². The second kappa shape index (κ2) is 3.27. The third-order valence-corrected chi connectivity index (χ3v) is 2.08. The van der Waals surface area contributed by atoms with Crippen LogP contribution in [0.25, 0.3) is 11.7 Å². The third kappa shape index (κ3) is 1.42.